The van der Waals surface area contributed by atoms with Gasteiger partial charge in [0.15, 0.2) is 5.65 Å². The van der Waals surface area contributed by atoms with Gasteiger partial charge in [-0.3, -0.25) is 4.68 Å². The van der Waals surface area contributed by atoms with Gasteiger partial charge in [0.2, 0.25) is 5.95 Å². The van der Waals surface area contributed by atoms with Crippen LogP contribution in [0.15, 0.2) is 6.20 Å². The first-order chi connectivity index (χ1) is 5.68. The monoisotopic (exact) mass is 164 g/mol. The maximum Gasteiger partial charge on any atom is 0.224 e. The van der Waals surface area contributed by atoms with Crippen LogP contribution in [0.1, 0.15) is 0 Å². The fraction of sp³-hybridized carbons (Fsp3) is 0.167. The molecule has 12 heavy (non-hydrogen) atoms. The summed E-state index contributed by atoms with van der Waals surface area (Å²) >= 11 is 0. The Morgan fingerprint density at radius 1 is 1.33 bits per heavy atom. The van der Waals surface area contributed by atoms with E-state index in [1.165, 1.54) is 0 Å². The number of anilines is 2. The molecule has 0 atom stereocenters. The Morgan fingerprint density at radius 3 is 2.83 bits per heavy atom. The zero-order chi connectivity index (χ0) is 8.72. The minimum Gasteiger partial charge on any atom is -0.383 e. The second-order valence-electron chi connectivity index (χ2n) is 2.47. The molecule has 2 rings (SSSR count). The van der Waals surface area contributed by atoms with Crippen LogP contribution in [-0.2, 0) is 7.05 Å². The van der Waals surface area contributed by atoms with Crippen LogP contribution in [0.4, 0.5) is 11.8 Å². The average Bonchev–Trinajstić information content (AvgIpc) is 2.33. The quantitative estimate of drug-likeness (QED) is 0.548. The van der Waals surface area contributed by atoms with Gasteiger partial charge in [-0.15, -0.1) is 0 Å². The highest BCUT2D eigenvalue weighted by Crippen LogP contribution is 2.16. The first-order valence-corrected chi connectivity index (χ1v) is 3.39. The summed E-state index contributed by atoms with van der Waals surface area (Å²) in [6, 6.07) is 0. The van der Waals surface area contributed by atoms with Crippen LogP contribution in [0.5, 0.6) is 0 Å². The lowest BCUT2D eigenvalue weighted by Gasteiger charge is -1.97. The van der Waals surface area contributed by atoms with Crippen molar-refractivity contribution in [3.05, 3.63) is 6.20 Å². The third kappa shape index (κ3) is 0.777. The zero-order valence-electron chi connectivity index (χ0n) is 6.52. The summed E-state index contributed by atoms with van der Waals surface area (Å²) in [7, 11) is 1.77. The average molecular weight is 164 g/mol. The summed E-state index contributed by atoms with van der Waals surface area (Å²) in [5, 5.41) is 4.70. The third-order valence-electron chi connectivity index (χ3n) is 1.64. The van der Waals surface area contributed by atoms with E-state index in [0.29, 0.717) is 11.5 Å². The topological polar surface area (TPSA) is 95.6 Å². The van der Waals surface area contributed by atoms with Crippen molar-refractivity contribution >= 4 is 22.8 Å². The number of hydrogen-bond donors (Lipinski definition) is 2. The number of aryl methyl sites for hydroxylation is 1. The van der Waals surface area contributed by atoms with E-state index in [4.69, 9.17) is 11.5 Å². The molecular formula is C6H8N6. The van der Waals surface area contributed by atoms with E-state index < -0.39 is 0 Å². The Balaban J connectivity index is 2.92. The molecular weight excluding hydrogens is 156 g/mol. The fourth-order valence-corrected chi connectivity index (χ4v) is 1.06. The molecule has 2 aromatic rings. The predicted octanol–water partition coefficient (Wildman–Crippen LogP) is -0.472. The molecule has 6 nitrogen and oxygen atoms in total. The maximum atomic E-state index is 5.59. The van der Waals surface area contributed by atoms with Gasteiger partial charge in [-0.2, -0.15) is 15.1 Å². The van der Waals surface area contributed by atoms with E-state index in [-0.39, 0.29) is 5.95 Å². The molecule has 2 heterocycles. The molecule has 6 heteroatoms. The molecule has 2 aromatic heterocycles. The number of rotatable bonds is 0. The smallest absolute Gasteiger partial charge is 0.224 e. The van der Waals surface area contributed by atoms with E-state index in [0.717, 1.165) is 5.39 Å². The van der Waals surface area contributed by atoms with Crippen molar-refractivity contribution in [1.82, 2.24) is 19.7 Å². The lowest BCUT2D eigenvalue weighted by molar-refractivity contribution is 0.786. The standard InChI is InChI=1S/C6H8N6/c1-12-5-3(2-9-12)4(7)10-6(8)11-5/h2H,1H3,(H4,7,8,10,11). The molecule has 0 fully saturated rings. The van der Waals surface area contributed by atoms with Gasteiger partial charge >= 0.3 is 0 Å². The van der Waals surface area contributed by atoms with Gasteiger partial charge in [-0.25, -0.2) is 0 Å². The zero-order valence-corrected chi connectivity index (χ0v) is 6.52. The van der Waals surface area contributed by atoms with Crippen molar-refractivity contribution in [3.63, 3.8) is 0 Å². The molecule has 62 valence electrons. The van der Waals surface area contributed by atoms with Gasteiger partial charge in [-0.1, -0.05) is 0 Å². The molecule has 0 aromatic carbocycles. The number of nitrogen functional groups attached to an aromatic ring is 2. The molecule has 0 aliphatic heterocycles. The summed E-state index contributed by atoms with van der Waals surface area (Å²) in [4.78, 5) is 7.79. The van der Waals surface area contributed by atoms with Crippen molar-refractivity contribution in [2.24, 2.45) is 7.05 Å². The van der Waals surface area contributed by atoms with Crippen LogP contribution in [-0.4, -0.2) is 19.7 Å². The van der Waals surface area contributed by atoms with Crippen molar-refractivity contribution in [2.75, 3.05) is 11.5 Å². The molecule has 0 radical (unpaired) electrons. The Labute approximate surface area is 68.2 Å². The summed E-state index contributed by atoms with van der Waals surface area (Å²) in [5.41, 5.74) is 11.6. The molecule has 0 bridgehead atoms. The first-order valence-electron chi connectivity index (χ1n) is 3.39. The van der Waals surface area contributed by atoms with Gasteiger partial charge < -0.3 is 11.5 Å². The Kier molecular flexibility index (Phi) is 1.18. The Hall–Kier alpha value is -1.85. The number of nitrogens with zero attached hydrogens (tertiary/aromatic N) is 4. The van der Waals surface area contributed by atoms with E-state index in [9.17, 15) is 0 Å². The van der Waals surface area contributed by atoms with Crippen LogP contribution in [0, 0.1) is 0 Å². The number of hydrogen-bond acceptors (Lipinski definition) is 5. The van der Waals surface area contributed by atoms with Crippen molar-refractivity contribution in [1.29, 1.82) is 0 Å². The highest BCUT2D eigenvalue weighted by molar-refractivity contribution is 5.85. The highest BCUT2D eigenvalue weighted by Gasteiger charge is 2.06. The van der Waals surface area contributed by atoms with Crippen LogP contribution < -0.4 is 11.5 Å². The molecule has 0 saturated carbocycles. The largest absolute Gasteiger partial charge is 0.383 e. The second-order valence-corrected chi connectivity index (χ2v) is 2.47. The van der Waals surface area contributed by atoms with Gasteiger partial charge in [0.05, 0.1) is 11.6 Å². The molecule has 0 aliphatic rings. The minimum absolute atomic E-state index is 0.170. The minimum atomic E-state index is 0.170. The fourth-order valence-electron chi connectivity index (χ4n) is 1.06. The van der Waals surface area contributed by atoms with Gasteiger partial charge in [0.1, 0.15) is 5.82 Å². The van der Waals surface area contributed by atoms with E-state index in [1.54, 1.807) is 17.9 Å². The van der Waals surface area contributed by atoms with E-state index in [1.807, 2.05) is 0 Å². The van der Waals surface area contributed by atoms with Gasteiger partial charge in [0.25, 0.3) is 0 Å². The van der Waals surface area contributed by atoms with Crippen molar-refractivity contribution in [3.8, 4) is 0 Å². The van der Waals surface area contributed by atoms with E-state index in [2.05, 4.69) is 15.1 Å². The molecule has 0 unspecified atom stereocenters. The first kappa shape index (κ1) is 6.84. The second kappa shape index (κ2) is 2.07. The Bertz CT molecular complexity index is 431. The normalized spacial score (nSPS) is 10.8. The molecule has 4 N–H and O–H groups in total. The van der Waals surface area contributed by atoms with Crippen LogP contribution in [0.25, 0.3) is 11.0 Å². The summed E-state index contributed by atoms with van der Waals surface area (Å²) < 4.78 is 1.60. The van der Waals surface area contributed by atoms with Crippen LogP contribution >= 0.6 is 0 Å². The predicted molar refractivity (Wildman–Crippen MR) is 45.1 cm³/mol. The van der Waals surface area contributed by atoms with Crippen LogP contribution in [0.3, 0.4) is 0 Å². The van der Waals surface area contributed by atoms with Crippen molar-refractivity contribution in [2.45, 2.75) is 0 Å². The maximum absolute atomic E-state index is 5.59. The molecule has 0 aliphatic carbocycles. The van der Waals surface area contributed by atoms with Gasteiger partial charge in [-0.05, 0) is 0 Å². The number of aromatic nitrogens is 4. The third-order valence-corrected chi connectivity index (χ3v) is 1.64. The molecule has 0 spiro atoms. The Morgan fingerprint density at radius 2 is 2.08 bits per heavy atom. The lowest BCUT2D eigenvalue weighted by atomic mass is 10.4. The van der Waals surface area contributed by atoms with Crippen LogP contribution in [0.2, 0.25) is 0 Å². The number of fused-ring (bicyclic) bond motifs is 1. The number of nitrogens with two attached hydrogens (primary N) is 2. The highest BCUT2D eigenvalue weighted by atomic mass is 15.3. The lowest BCUT2D eigenvalue weighted by Crippen LogP contribution is -2.01. The summed E-state index contributed by atoms with van der Waals surface area (Å²) in [5.74, 6) is 0.536. The van der Waals surface area contributed by atoms with Gasteiger partial charge in [0, 0.05) is 7.05 Å². The summed E-state index contributed by atoms with van der Waals surface area (Å²) in [6.07, 6.45) is 1.62. The molecule has 0 amide bonds. The SMILES string of the molecule is Cn1ncc2c(N)nc(N)nc21. The summed E-state index contributed by atoms with van der Waals surface area (Å²) in [6.45, 7) is 0. The molecule has 0 saturated heterocycles. The van der Waals surface area contributed by atoms with Crippen molar-refractivity contribution < 1.29 is 0 Å². The van der Waals surface area contributed by atoms with E-state index >= 15 is 0 Å².